The summed E-state index contributed by atoms with van der Waals surface area (Å²) in [6.45, 7) is 6.01. The van der Waals surface area contributed by atoms with Crippen LogP contribution in [0.4, 0.5) is 0 Å². The Hall–Kier alpha value is -2.17. The van der Waals surface area contributed by atoms with Crippen molar-refractivity contribution >= 4 is 10.0 Å². The molecule has 0 amide bonds. The number of rotatable bonds is 5. The Labute approximate surface area is 142 Å². The van der Waals surface area contributed by atoms with E-state index < -0.39 is 10.0 Å². The number of aromatic nitrogens is 2. The first-order valence-electron chi connectivity index (χ1n) is 7.93. The highest BCUT2D eigenvalue weighted by Gasteiger charge is 2.37. The van der Waals surface area contributed by atoms with Gasteiger partial charge < -0.3 is 4.57 Å². The fourth-order valence-corrected chi connectivity index (χ4v) is 4.53. The molecule has 0 atom stereocenters. The van der Waals surface area contributed by atoms with Gasteiger partial charge in [0.2, 0.25) is 10.0 Å². The van der Waals surface area contributed by atoms with Gasteiger partial charge in [-0.3, -0.25) is 0 Å². The molecule has 6 nitrogen and oxygen atoms in total. The number of benzene rings is 1. The molecule has 1 saturated heterocycles. The summed E-state index contributed by atoms with van der Waals surface area (Å²) in [5.74, 6) is 1.67. The van der Waals surface area contributed by atoms with E-state index in [0.29, 0.717) is 30.5 Å². The molecule has 7 heteroatoms. The fourth-order valence-electron chi connectivity index (χ4n) is 2.94. The van der Waals surface area contributed by atoms with Crippen LogP contribution in [0.1, 0.15) is 31.2 Å². The molecule has 0 saturated carbocycles. The Morgan fingerprint density at radius 2 is 1.96 bits per heavy atom. The van der Waals surface area contributed by atoms with Gasteiger partial charge in [0.05, 0.1) is 16.5 Å². The molecule has 0 N–H and O–H groups in total. The maximum absolute atomic E-state index is 12.6. The maximum atomic E-state index is 12.6. The number of nitrogens with zero attached hydrogens (tertiary/aromatic N) is 4. The lowest BCUT2D eigenvalue weighted by molar-refractivity contribution is 0.178. The van der Waals surface area contributed by atoms with Crippen molar-refractivity contribution in [3.05, 3.63) is 48.0 Å². The van der Waals surface area contributed by atoms with Gasteiger partial charge in [0.25, 0.3) is 0 Å². The summed E-state index contributed by atoms with van der Waals surface area (Å²) in [6.07, 6.45) is 3.74. The van der Waals surface area contributed by atoms with Crippen molar-refractivity contribution in [3.8, 4) is 6.07 Å². The predicted molar refractivity (Wildman–Crippen MR) is 89.7 cm³/mol. The SMILES string of the molecule is CC(C)c1nccn1CC1CN(S(=O)(=O)c2ccc(C#N)cc2)C1. The first kappa shape index (κ1) is 16.7. The topological polar surface area (TPSA) is 79.0 Å². The Kier molecular flexibility index (Phi) is 4.43. The zero-order valence-corrected chi connectivity index (χ0v) is 14.6. The van der Waals surface area contributed by atoms with Crippen molar-refractivity contribution in [2.24, 2.45) is 5.92 Å². The van der Waals surface area contributed by atoms with Gasteiger partial charge in [-0.05, 0) is 24.3 Å². The molecule has 1 fully saturated rings. The van der Waals surface area contributed by atoms with Crippen molar-refractivity contribution in [3.63, 3.8) is 0 Å². The van der Waals surface area contributed by atoms with Crippen molar-refractivity contribution in [1.29, 1.82) is 5.26 Å². The van der Waals surface area contributed by atoms with Crippen LogP contribution in [0.5, 0.6) is 0 Å². The highest BCUT2D eigenvalue weighted by molar-refractivity contribution is 7.89. The van der Waals surface area contributed by atoms with E-state index in [1.807, 2.05) is 12.3 Å². The highest BCUT2D eigenvalue weighted by Crippen LogP contribution is 2.27. The predicted octanol–water partition coefficient (Wildman–Crippen LogP) is 2.20. The van der Waals surface area contributed by atoms with Gasteiger partial charge in [0.15, 0.2) is 0 Å². The van der Waals surface area contributed by atoms with E-state index >= 15 is 0 Å². The third-order valence-electron chi connectivity index (χ3n) is 4.26. The Morgan fingerprint density at radius 1 is 1.29 bits per heavy atom. The summed E-state index contributed by atoms with van der Waals surface area (Å²) >= 11 is 0. The summed E-state index contributed by atoms with van der Waals surface area (Å²) in [5, 5.41) is 8.80. The molecule has 0 aliphatic carbocycles. The highest BCUT2D eigenvalue weighted by atomic mass is 32.2. The van der Waals surface area contributed by atoms with Gasteiger partial charge in [-0.25, -0.2) is 13.4 Å². The largest absolute Gasteiger partial charge is 0.334 e. The smallest absolute Gasteiger partial charge is 0.243 e. The molecule has 3 rings (SSSR count). The van der Waals surface area contributed by atoms with Gasteiger partial charge in [0.1, 0.15) is 5.82 Å². The third kappa shape index (κ3) is 3.07. The molecule has 1 aliphatic rings. The normalized spacial score (nSPS) is 16.1. The molecule has 126 valence electrons. The van der Waals surface area contributed by atoms with Crippen molar-refractivity contribution in [2.75, 3.05) is 13.1 Å². The molecule has 1 aliphatic heterocycles. The second kappa shape index (κ2) is 6.38. The van der Waals surface area contributed by atoms with Gasteiger partial charge in [-0.1, -0.05) is 13.8 Å². The molecule has 0 spiro atoms. The summed E-state index contributed by atoms with van der Waals surface area (Å²) in [4.78, 5) is 4.60. The Morgan fingerprint density at radius 3 is 2.54 bits per heavy atom. The second-order valence-corrected chi connectivity index (χ2v) is 8.35. The monoisotopic (exact) mass is 344 g/mol. The maximum Gasteiger partial charge on any atom is 0.243 e. The Bertz CT molecular complexity index is 857. The molecule has 0 bridgehead atoms. The van der Waals surface area contributed by atoms with Crippen molar-refractivity contribution in [2.45, 2.75) is 31.2 Å². The molecule has 1 aromatic carbocycles. The summed E-state index contributed by atoms with van der Waals surface area (Å²) < 4.78 is 28.7. The van der Waals surface area contributed by atoms with Crippen LogP contribution in [0.2, 0.25) is 0 Å². The molecule has 24 heavy (non-hydrogen) atoms. The van der Waals surface area contributed by atoms with Gasteiger partial charge >= 0.3 is 0 Å². The summed E-state index contributed by atoms with van der Waals surface area (Å²) in [6, 6.07) is 8.04. The molecule has 0 radical (unpaired) electrons. The second-order valence-electron chi connectivity index (χ2n) is 6.42. The van der Waals surface area contributed by atoms with E-state index in [-0.39, 0.29) is 4.90 Å². The average Bonchev–Trinajstić information content (AvgIpc) is 2.98. The molecule has 2 aromatic rings. The minimum Gasteiger partial charge on any atom is -0.334 e. The van der Waals surface area contributed by atoms with Crippen LogP contribution in [0, 0.1) is 17.2 Å². The lowest BCUT2D eigenvalue weighted by atomic mass is 10.0. The van der Waals surface area contributed by atoms with Crippen LogP contribution in [-0.4, -0.2) is 35.4 Å². The third-order valence-corrected chi connectivity index (χ3v) is 6.11. The van der Waals surface area contributed by atoms with Crippen molar-refractivity contribution < 1.29 is 8.42 Å². The number of nitriles is 1. The Balaban J connectivity index is 1.65. The van der Waals surface area contributed by atoms with E-state index in [0.717, 1.165) is 12.4 Å². The van der Waals surface area contributed by atoms with E-state index in [1.54, 1.807) is 6.20 Å². The standard InChI is InChI=1S/C17H20N4O2S/c1-13(2)17-19-7-8-20(17)10-15-11-21(12-15)24(22,23)16-5-3-14(9-18)4-6-16/h3-8,13,15H,10-12H2,1-2H3. The number of sulfonamides is 1. The van der Waals surface area contributed by atoms with E-state index in [1.165, 1.54) is 28.6 Å². The van der Waals surface area contributed by atoms with Crippen LogP contribution in [0.3, 0.4) is 0 Å². The van der Waals surface area contributed by atoms with Crippen molar-refractivity contribution in [1.82, 2.24) is 13.9 Å². The van der Waals surface area contributed by atoms with Crippen LogP contribution < -0.4 is 0 Å². The quantitative estimate of drug-likeness (QED) is 0.833. The zero-order chi connectivity index (χ0) is 17.3. The molecular weight excluding hydrogens is 324 g/mol. The zero-order valence-electron chi connectivity index (χ0n) is 13.8. The molecule has 2 heterocycles. The van der Waals surface area contributed by atoms with Crippen LogP contribution in [0.25, 0.3) is 0 Å². The van der Waals surface area contributed by atoms with Gasteiger partial charge in [-0.2, -0.15) is 9.57 Å². The summed E-state index contributed by atoms with van der Waals surface area (Å²) in [5.41, 5.74) is 0.455. The first-order valence-corrected chi connectivity index (χ1v) is 9.37. The van der Waals surface area contributed by atoms with Gasteiger partial charge in [-0.15, -0.1) is 0 Å². The first-order chi connectivity index (χ1) is 11.4. The molecular formula is C17H20N4O2S. The number of imidazole rings is 1. The number of hydrogen-bond acceptors (Lipinski definition) is 4. The van der Waals surface area contributed by atoms with E-state index in [4.69, 9.17) is 5.26 Å². The van der Waals surface area contributed by atoms with Crippen LogP contribution >= 0.6 is 0 Å². The van der Waals surface area contributed by atoms with Gasteiger partial charge in [0, 0.05) is 43.9 Å². The number of hydrogen-bond donors (Lipinski definition) is 0. The average molecular weight is 344 g/mol. The lowest BCUT2D eigenvalue weighted by Gasteiger charge is -2.38. The van der Waals surface area contributed by atoms with E-state index in [9.17, 15) is 8.42 Å². The lowest BCUT2D eigenvalue weighted by Crippen LogP contribution is -2.51. The minimum absolute atomic E-state index is 0.241. The van der Waals surface area contributed by atoms with Crippen LogP contribution in [0.15, 0.2) is 41.6 Å². The summed E-state index contributed by atoms with van der Waals surface area (Å²) in [7, 11) is -3.47. The van der Waals surface area contributed by atoms with E-state index in [2.05, 4.69) is 23.4 Å². The molecule has 0 unspecified atom stereocenters. The fraction of sp³-hybridized carbons (Fsp3) is 0.412. The minimum atomic E-state index is -3.47. The van der Waals surface area contributed by atoms with Crippen LogP contribution in [-0.2, 0) is 16.6 Å². The molecule has 1 aromatic heterocycles.